The smallest absolute Gasteiger partial charge is 0.256 e. The maximum atomic E-state index is 14.1. The Morgan fingerprint density at radius 1 is 1.23 bits per heavy atom. The quantitative estimate of drug-likeness (QED) is 0.901. The molecule has 0 saturated carbocycles. The maximum absolute atomic E-state index is 14.1. The number of amides is 2. The molecule has 118 valence electrons. The fraction of sp³-hybridized carbons (Fsp3) is 0.500. The third kappa shape index (κ3) is 2.83. The predicted molar refractivity (Wildman–Crippen MR) is 81.1 cm³/mol. The van der Waals surface area contributed by atoms with E-state index in [4.69, 9.17) is 5.73 Å². The lowest BCUT2D eigenvalue weighted by atomic mass is 10.0. The highest BCUT2D eigenvalue weighted by Crippen LogP contribution is 2.25. The van der Waals surface area contributed by atoms with Crippen molar-refractivity contribution in [1.29, 1.82) is 0 Å². The molecule has 0 aliphatic carbocycles. The minimum absolute atomic E-state index is 0.0222. The van der Waals surface area contributed by atoms with E-state index in [2.05, 4.69) is 0 Å². The van der Waals surface area contributed by atoms with E-state index < -0.39 is 5.82 Å². The molecule has 22 heavy (non-hydrogen) atoms. The Labute approximate surface area is 128 Å². The third-order valence-corrected chi connectivity index (χ3v) is 4.39. The summed E-state index contributed by atoms with van der Waals surface area (Å²) in [5.41, 5.74) is 6.46. The van der Waals surface area contributed by atoms with Crippen LogP contribution in [-0.4, -0.2) is 42.4 Å². The van der Waals surface area contributed by atoms with Gasteiger partial charge in [-0.05, 0) is 37.5 Å². The van der Waals surface area contributed by atoms with Crippen LogP contribution in [0.25, 0.3) is 0 Å². The van der Waals surface area contributed by atoms with Crippen molar-refractivity contribution in [2.75, 3.05) is 24.5 Å². The molecule has 2 aliphatic rings. The van der Waals surface area contributed by atoms with Gasteiger partial charge in [-0.1, -0.05) is 0 Å². The Kier molecular flexibility index (Phi) is 4.11. The first kappa shape index (κ1) is 15.0. The van der Waals surface area contributed by atoms with Gasteiger partial charge >= 0.3 is 0 Å². The Bertz CT molecular complexity index is 597. The van der Waals surface area contributed by atoms with E-state index in [9.17, 15) is 14.0 Å². The molecule has 0 unspecified atom stereocenters. The third-order valence-electron chi connectivity index (χ3n) is 4.39. The largest absolute Gasteiger partial charge is 0.338 e. The van der Waals surface area contributed by atoms with Crippen LogP contribution in [-0.2, 0) is 4.79 Å². The predicted octanol–water partition coefficient (Wildman–Crippen LogP) is 1.52. The number of hydrogen-bond acceptors (Lipinski definition) is 3. The van der Waals surface area contributed by atoms with Gasteiger partial charge in [0, 0.05) is 37.8 Å². The first-order valence-corrected chi connectivity index (χ1v) is 7.71. The summed E-state index contributed by atoms with van der Waals surface area (Å²) < 4.78 is 14.1. The second-order valence-electron chi connectivity index (χ2n) is 5.94. The Morgan fingerprint density at radius 3 is 2.59 bits per heavy atom. The molecule has 0 spiro atoms. The van der Waals surface area contributed by atoms with Crippen LogP contribution in [0.2, 0.25) is 0 Å². The summed E-state index contributed by atoms with van der Waals surface area (Å²) in [7, 11) is 0. The van der Waals surface area contributed by atoms with Gasteiger partial charge in [-0.2, -0.15) is 0 Å². The molecular weight excluding hydrogens is 285 g/mol. The van der Waals surface area contributed by atoms with E-state index >= 15 is 0 Å². The van der Waals surface area contributed by atoms with Crippen LogP contribution in [0.15, 0.2) is 18.2 Å². The fourth-order valence-corrected chi connectivity index (χ4v) is 3.04. The molecular formula is C16H20FN3O2. The number of benzene rings is 1. The Balaban J connectivity index is 1.83. The molecule has 6 heteroatoms. The highest BCUT2D eigenvalue weighted by molar-refractivity contribution is 5.99. The molecule has 2 fully saturated rings. The monoisotopic (exact) mass is 305 g/mol. The second-order valence-corrected chi connectivity index (χ2v) is 5.94. The number of likely N-dealkylation sites (tertiary alicyclic amines) is 1. The van der Waals surface area contributed by atoms with Crippen molar-refractivity contribution < 1.29 is 14.0 Å². The fourth-order valence-electron chi connectivity index (χ4n) is 3.04. The highest BCUT2D eigenvalue weighted by atomic mass is 19.1. The lowest BCUT2D eigenvalue weighted by Gasteiger charge is -2.30. The molecule has 2 aliphatic heterocycles. The Hall–Kier alpha value is -1.95. The average molecular weight is 305 g/mol. The summed E-state index contributed by atoms with van der Waals surface area (Å²) in [4.78, 5) is 27.6. The van der Waals surface area contributed by atoms with Crippen LogP contribution in [0.1, 0.15) is 36.0 Å². The number of nitrogens with zero attached hydrogens (tertiary/aromatic N) is 2. The SMILES string of the molecule is NC1CCN(C(=O)c2cc(N3CCCC3=O)ccc2F)CC1. The second kappa shape index (κ2) is 6.04. The highest BCUT2D eigenvalue weighted by Gasteiger charge is 2.26. The molecule has 5 nitrogen and oxygen atoms in total. The molecule has 1 aromatic carbocycles. The lowest BCUT2D eigenvalue weighted by Crippen LogP contribution is -2.43. The number of carbonyl (C=O) groups is 2. The molecule has 0 atom stereocenters. The zero-order valence-corrected chi connectivity index (χ0v) is 12.4. The average Bonchev–Trinajstić information content (AvgIpc) is 2.94. The zero-order chi connectivity index (χ0) is 15.7. The van der Waals surface area contributed by atoms with Gasteiger partial charge in [0.15, 0.2) is 0 Å². The van der Waals surface area contributed by atoms with Crippen LogP contribution in [0.3, 0.4) is 0 Å². The molecule has 2 N–H and O–H groups in total. The van der Waals surface area contributed by atoms with Gasteiger partial charge < -0.3 is 15.5 Å². The Morgan fingerprint density at radius 2 is 1.95 bits per heavy atom. The summed E-state index contributed by atoms with van der Waals surface area (Å²) in [6.07, 6.45) is 2.77. The first-order chi connectivity index (χ1) is 10.6. The van der Waals surface area contributed by atoms with E-state index in [1.165, 1.54) is 12.1 Å². The van der Waals surface area contributed by atoms with Gasteiger partial charge in [0.1, 0.15) is 5.82 Å². The van der Waals surface area contributed by atoms with Crippen molar-refractivity contribution in [2.24, 2.45) is 5.73 Å². The molecule has 2 saturated heterocycles. The minimum Gasteiger partial charge on any atom is -0.338 e. The van der Waals surface area contributed by atoms with Crippen molar-refractivity contribution in [1.82, 2.24) is 4.90 Å². The summed E-state index contributed by atoms with van der Waals surface area (Å²) in [5.74, 6) is -0.845. The van der Waals surface area contributed by atoms with E-state index in [-0.39, 0.29) is 23.4 Å². The van der Waals surface area contributed by atoms with Gasteiger partial charge in [-0.15, -0.1) is 0 Å². The van der Waals surface area contributed by atoms with Crippen LogP contribution in [0, 0.1) is 5.82 Å². The molecule has 2 heterocycles. The number of halogens is 1. The van der Waals surface area contributed by atoms with Crippen molar-refractivity contribution in [2.45, 2.75) is 31.7 Å². The number of anilines is 1. The maximum Gasteiger partial charge on any atom is 0.256 e. The van der Waals surface area contributed by atoms with E-state index in [0.717, 1.165) is 19.3 Å². The van der Waals surface area contributed by atoms with Crippen LogP contribution >= 0.6 is 0 Å². The standard InChI is InChI=1S/C16H20FN3O2/c17-14-4-3-12(20-7-1-2-15(20)21)10-13(14)16(22)19-8-5-11(18)6-9-19/h3-4,10-11H,1-2,5-9,18H2. The van der Waals surface area contributed by atoms with E-state index in [1.807, 2.05) is 0 Å². The van der Waals surface area contributed by atoms with E-state index in [0.29, 0.717) is 31.7 Å². The van der Waals surface area contributed by atoms with Crippen LogP contribution in [0.4, 0.5) is 10.1 Å². The molecule has 1 aromatic rings. The number of nitrogens with two attached hydrogens (primary N) is 1. The van der Waals surface area contributed by atoms with Gasteiger partial charge in [-0.3, -0.25) is 9.59 Å². The normalized spacial score (nSPS) is 19.8. The topological polar surface area (TPSA) is 66.6 Å². The van der Waals surface area contributed by atoms with E-state index in [1.54, 1.807) is 15.9 Å². The molecule has 2 amide bonds. The molecule has 3 rings (SSSR count). The van der Waals surface area contributed by atoms with Crippen molar-refractivity contribution in [3.63, 3.8) is 0 Å². The minimum atomic E-state index is -0.546. The number of piperidine rings is 1. The van der Waals surface area contributed by atoms with Gasteiger partial charge in [0.05, 0.1) is 5.56 Å². The van der Waals surface area contributed by atoms with Gasteiger partial charge in [0.2, 0.25) is 5.91 Å². The lowest BCUT2D eigenvalue weighted by molar-refractivity contribution is -0.117. The zero-order valence-electron chi connectivity index (χ0n) is 12.4. The first-order valence-electron chi connectivity index (χ1n) is 7.71. The van der Waals surface area contributed by atoms with Crippen molar-refractivity contribution in [3.05, 3.63) is 29.6 Å². The van der Waals surface area contributed by atoms with Crippen LogP contribution < -0.4 is 10.6 Å². The van der Waals surface area contributed by atoms with Gasteiger partial charge in [-0.25, -0.2) is 4.39 Å². The molecule has 0 aromatic heterocycles. The molecule has 0 bridgehead atoms. The summed E-state index contributed by atoms with van der Waals surface area (Å²) >= 11 is 0. The molecule has 0 radical (unpaired) electrons. The summed E-state index contributed by atoms with van der Waals surface area (Å²) in [6, 6.07) is 4.43. The van der Waals surface area contributed by atoms with Gasteiger partial charge in [0.25, 0.3) is 5.91 Å². The number of hydrogen-bond donors (Lipinski definition) is 1. The number of carbonyl (C=O) groups excluding carboxylic acids is 2. The summed E-state index contributed by atoms with van der Waals surface area (Å²) in [6.45, 7) is 1.72. The van der Waals surface area contributed by atoms with Crippen molar-refractivity contribution in [3.8, 4) is 0 Å². The van der Waals surface area contributed by atoms with Crippen LogP contribution in [0.5, 0.6) is 0 Å². The van der Waals surface area contributed by atoms with Crippen molar-refractivity contribution >= 4 is 17.5 Å². The summed E-state index contributed by atoms with van der Waals surface area (Å²) in [5, 5.41) is 0. The number of rotatable bonds is 2.